The lowest BCUT2D eigenvalue weighted by molar-refractivity contribution is -0.137. The summed E-state index contributed by atoms with van der Waals surface area (Å²) >= 11 is 0. The van der Waals surface area contributed by atoms with Gasteiger partial charge in [0, 0.05) is 12.2 Å². The van der Waals surface area contributed by atoms with Gasteiger partial charge in [-0.15, -0.1) is 0 Å². The van der Waals surface area contributed by atoms with Crippen LogP contribution in [0.15, 0.2) is 65.6 Å². The Kier molecular flexibility index (Phi) is 6.11. The monoisotopic (exact) mass is 401 g/mol. The van der Waals surface area contributed by atoms with Gasteiger partial charge in [-0.2, -0.15) is 4.72 Å². The molecule has 1 aliphatic heterocycles. The minimum Gasteiger partial charge on any atom is -0.329 e. The average Bonchev–Trinajstić information content (AvgIpc) is 3.18. The molecule has 0 aliphatic carbocycles. The first-order chi connectivity index (χ1) is 13.4. The highest BCUT2D eigenvalue weighted by molar-refractivity contribution is 7.89. The van der Waals surface area contributed by atoms with Gasteiger partial charge < -0.3 is 10.2 Å². The van der Waals surface area contributed by atoms with Gasteiger partial charge in [-0.05, 0) is 44.0 Å². The van der Waals surface area contributed by atoms with Crippen molar-refractivity contribution in [2.45, 2.75) is 36.7 Å². The normalized spacial score (nSPS) is 17.9. The number of carbonyl (C=O) groups excluding carboxylic acids is 2. The van der Waals surface area contributed by atoms with Gasteiger partial charge in [0.15, 0.2) is 0 Å². The standard InChI is InChI=1S/C20H23N3O4S/c1-15(22-28(26,27)17-11-6-3-7-12-17)20(25)23-14-8-13-18(23)19(24)21-16-9-4-2-5-10-16/h2-7,9-12,15,18,22H,8,13-14H2,1H3,(H,21,24)/t15-,18-/m0/s1. The van der Waals surface area contributed by atoms with E-state index in [2.05, 4.69) is 10.0 Å². The van der Waals surface area contributed by atoms with Gasteiger partial charge in [-0.25, -0.2) is 8.42 Å². The van der Waals surface area contributed by atoms with E-state index in [0.717, 1.165) is 0 Å². The molecule has 2 atom stereocenters. The lowest BCUT2D eigenvalue weighted by atomic mass is 10.2. The summed E-state index contributed by atoms with van der Waals surface area (Å²) in [4.78, 5) is 27.0. The molecule has 28 heavy (non-hydrogen) atoms. The van der Waals surface area contributed by atoms with Crippen molar-refractivity contribution in [1.29, 1.82) is 0 Å². The first-order valence-electron chi connectivity index (χ1n) is 9.12. The van der Waals surface area contributed by atoms with Gasteiger partial charge in [0.2, 0.25) is 21.8 Å². The molecule has 2 N–H and O–H groups in total. The molecule has 1 saturated heterocycles. The van der Waals surface area contributed by atoms with E-state index in [1.807, 2.05) is 18.2 Å². The van der Waals surface area contributed by atoms with E-state index < -0.39 is 28.0 Å². The van der Waals surface area contributed by atoms with Crippen LogP contribution >= 0.6 is 0 Å². The number of rotatable bonds is 6. The first kappa shape index (κ1) is 20.0. The predicted molar refractivity (Wildman–Crippen MR) is 106 cm³/mol. The van der Waals surface area contributed by atoms with E-state index in [-0.39, 0.29) is 10.8 Å². The molecule has 2 amide bonds. The fourth-order valence-electron chi connectivity index (χ4n) is 3.25. The summed E-state index contributed by atoms with van der Waals surface area (Å²) < 4.78 is 27.3. The Morgan fingerprint density at radius 1 is 1.04 bits per heavy atom. The molecular formula is C20H23N3O4S. The Bertz CT molecular complexity index is 932. The summed E-state index contributed by atoms with van der Waals surface area (Å²) in [7, 11) is -3.82. The maximum Gasteiger partial charge on any atom is 0.247 e. The smallest absolute Gasteiger partial charge is 0.247 e. The second kappa shape index (κ2) is 8.53. The number of likely N-dealkylation sites (tertiary alicyclic amines) is 1. The fourth-order valence-corrected chi connectivity index (χ4v) is 4.47. The minimum atomic E-state index is -3.82. The van der Waals surface area contributed by atoms with Crippen molar-refractivity contribution in [2.75, 3.05) is 11.9 Å². The molecule has 2 aromatic carbocycles. The van der Waals surface area contributed by atoms with Crippen molar-refractivity contribution in [3.63, 3.8) is 0 Å². The van der Waals surface area contributed by atoms with Crippen LogP contribution in [0.25, 0.3) is 0 Å². The van der Waals surface area contributed by atoms with Gasteiger partial charge >= 0.3 is 0 Å². The average molecular weight is 401 g/mol. The Morgan fingerprint density at radius 2 is 1.64 bits per heavy atom. The SMILES string of the molecule is C[C@H](NS(=O)(=O)c1ccccc1)C(=O)N1CCC[C@H]1C(=O)Nc1ccccc1. The Balaban J connectivity index is 1.67. The zero-order chi connectivity index (χ0) is 20.1. The summed E-state index contributed by atoms with van der Waals surface area (Å²) in [6, 6.07) is 15.3. The molecule has 0 aromatic heterocycles. The van der Waals surface area contributed by atoms with Crippen LogP contribution in [-0.2, 0) is 19.6 Å². The predicted octanol–water partition coefficient (Wildman–Crippen LogP) is 1.98. The highest BCUT2D eigenvalue weighted by Crippen LogP contribution is 2.21. The van der Waals surface area contributed by atoms with Gasteiger partial charge in [0.1, 0.15) is 6.04 Å². The van der Waals surface area contributed by atoms with Crippen molar-refractivity contribution in [3.8, 4) is 0 Å². The summed E-state index contributed by atoms with van der Waals surface area (Å²) in [6.45, 7) is 1.91. The quantitative estimate of drug-likeness (QED) is 0.774. The van der Waals surface area contributed by atoms with Gasteiger partial charge in [0.05, 0.1) is 10.9 Å². The zero-order valence-corrected chi connectivity index (χ0v) is 16.4. The van der Waals surface area contributed by atoms with E-state index in [0.29, 0.717) is 25.1 Å². The van der Waals surface area contributed by atoms with E-state index in [9.17, 15) is 18.0 Å². The zero-order valence-electron chi connectivity index (χ0n) is 15.5. The molecule has 0 radical (unpaired) electrons. The van der Waals surface area contributed by atoms with Crippen LogP contribution in [0, 0.1) is 0 Å². The molecule has 8 heteroatoms. The summed E-state index contributed by atoms with van der Waals surface area (Å²) in [5.74, 6) is -0.680. The number of nitrogens with zero attached hydrogens (tertiary/aromatic N) is 1. The Morgan fingerprint density at radius 3 is 2.29 bits per heavy atom. The van der Waals surface area contributed by atoms with Crippen molar-refractivity contribution in [3.05, 3.63) is 60.7 Å². The van der Waals surface area contributed by atoms with Crippen LogP contribution in [0.4, 0.5) is 5.69 Å². The third-order valence-electron chi connectivity index (χ3n) is 4.64. The van der Waals surface area contributed by atoms with Gasteiger partial charge in [-0.3, -0.25) is 9.59 Å². The van der Waals surface area contributed by atoms with Crippen LogP contribution < -0.4 is 10.0 Å². The second-order valence-electron chi connectivity index (χ2n) is 6.70. The number of para-hydroxylation sites is 1. The molecule has 0 bridgehead atoms. The molecule has 0 spiro atoms. The Labute approximate surface area is 164 Å². The van der Waals surface area contributed by atoms with Crippen molar-refractivity contribution in [2.24, 2.45) is 0 Å². The lowest BCUT2D eigenvalue weighted by Crippen LogP contribution is -2.51. The molecule has 2 aromatic rings. The number of hydrogen-bond donors (Lipinski definition) is 2. The van der Waals surface area contributed by atoms with Crippen molar-refractivity contribution in [1.82, 2.24) is 9.62 Å². The number of carbonyl (C=O) groups is 2. The number of amides is 2. The van der Waals surface area contributed by atoms with Crippen LogP contribution in [0.3, 0.4) is 0 Å². The third kappa shape index (κ3) is 4.58. The highest BCUT2D eigenvalue weighted by atomic mass is 32.2. The van der Waals surface area contributed by atoms with Crippen LogP contribution in [0.5, 0.6) is 0 Å². The number of hydrogen-bond acceptors (Lipinski definition) is 4. The van der Waals surface area contributed by atoms with Crippen LogP contribution in [0.1, 0.15) is 19.8 Å². The van der Waals surface area contributed by atoms with Gasteiger partial charge in [-0.1, -0.05) is 36.4 Å². The lowest BCUT2D eigenvalue weighted by Gasteiger charge is -2.27. The van der Waals surface area contributed by atoms with E-state index in [4.69, 9.17) is 0 Å². The van der Waals surface area contributed by atoms with E-state index in [1.54, 1.807) is 30.3 Å². The molecule has 0 saturated carbocycles. The van der Waals surface area contributed by atoms with Crippen LogP contribution in [0.2, 0.25) is 0 Å². The topological polar surface area (TPSA) is 95.6 Å². The van der Waals surface area contributed by atoms with Crippen LogP contribution in [-0.4, -0.2) is 43.8 Å². The number of nitrogens with one attached hydrogen (secondary N) is 2. The summed E-state index contributed by atoms with van der Waals surface area (Å²) in [5.41, 5.74) is 0.657. The maximum atomic E-state index is 12.8. The largest absolute Gasteiger partial charge is 0.329 e. The maximum absolute atomic E-state index is 12.8. The van der Waals surface area contributed by atoms with Gasteiger partial charge in [0.25, 0.3) is 0 Å². The van der Waals surface area contributed by atoms with Crippen molar-refractivity contribution < 1.29 is 18.0 Å². The molecule has 0 unspecified atom stereocenters. The molecule has 1 aliphatic rings. The molecule has 3 rings (SSSR count). The number of anilines is 1. The fraction of sp³-hybridized carbons (Fsp3) is 0.300. The van der Waals surface area contributed by atoms with E-state index >= 15 is 0 Å². The first-order valence-corrected chi connectivity index (χ1v) is 10.6. The number of benzene rings is 2. The molecule has 148 valence electrons. The number of sulfonamides is 1. The summed E-state index contributed by atoms with van der Waals surface area (Å²) in [5, 5.41) is 2.81. The molecule has 7 nitrogen and oxygen atoms in total. The highest BCUT2D eigenvalue weighted by Gasteiger charge is 2.37. The third-order valence-corrected chi connectivity index (χ3v) is 6.19. The second-order valence-corrected chi connectivity index (χ2v) is 8.41. The summed E-state index contributed by atoms with van der Waals surface area (Å²) in [6.07, 6.45) is 1.24. The van der Waals surface area contributed by atoms with Crippen molar-refractivity contribution >= 4 is 27.5 Å². The molecule has 1 fully saturated rings. The molecular weight excluding hydrogens is 378 g/mol. The Hall–Kier alpha value is -2.71. The van der Waals surface area contributed by atoms with E-state index in [1.165, 1.54) is 24.0 Å². The molecule has 1 heterocycles. The minimum absolute atomic E-state index is 0.0921.